The van der Waals surface area contributed by atoms with E-state index in [9.17, 15) is 0 Å². The monoisotopic (exact) mass is 281 g/mol. The van der Waals surface area contributed by atoms with Gasteiger partial charge in [0, 0.05) is 23.5 Å². The molecule has 108 valence electrons. The van der Waals surface area contributed by atoms with Crippen molar-refractivity contribution in [1.29, 1.82) is 0 Å². The summed E-state index contributed by atoms with van der Waals surface area (Å²) in [7, 11) is 0. The molecule has 0 unspecified atom stereocenters. The van der Waals surface area contributed by atoms with Crippen LogP contribution in [0.4, 0.5) is 0 Å². The van der Waals surface area contributed by atoms with E-state index in [2.05, 4.69) is 19.2 Å². The molecule has 0 radical (unpaired) electrons. The minimum absolute atomic E-state index is 0.443. The summed E-state index contributed by atoms with van der Waals surface area (Å²) in [6, 6.07) is 16.1. The number of ether oxygens (including phenoxy) is 1. The average Bonchev–Trinajstić information content (AvgIpc) is 2.88. The lowest BCUT2D eigenvalue weighted by atomic mass is 10.1. The molecular weight excluding hydrogens is 262 g/mol. The Hall–Kier alpha value is -2.26. The molecule has 0 saturated heterocycles. The largest absolute Gasteiger partial charge is 0.464 e. The predicted molar refractivity (Wildman–Crippen MR) is 84.7 cm³/mol. The number of hydrogen-bond donors (Lipinski definition) is 1. The summed E-state index contributed by atoms with van der Waals surface area (Å²) in [6.45, 7) is 5.05. The van der Waals surface area contributed by atoms with E-state index in [0.717, 1.165) is 34.6 Å². The van der Waals surface area contributed by atoms with E-state index in [1.165, 1.54) is 0 Å². The van der Waals surface area contributed by atoms with Crippen LogP contribution >= 0.6 is 0 Å². The third-order valence-corrected chi connectivity index (χ3v) is 3.30. The number of para-hydroxylation sites is 1. The Labute approximate surface area is 124 Å². The zero-order valence-corrected chi connectivity index (χ0v) is 12.3. The van der Waals surface area contributed by atoms with Crippen molar-refractivity contribution in [3.05, 3.63) is 60.4 Å². The number of hydrogen-bond acceptors (Lipinski definition) is 3. The molecule has 3 nitrogen and oxygen atoms in total. The van der Waals surface area contributed by atoms with Crippen LogP contribution in [0.25, 0.3) is 11.0 Å². The van der Waals surface area contributed by atoms with Gasteiger partial charge in [-0.1, -0.05) is 32.0 Å². The molecule has 1 N–H and O–H groups in total. The maximum Gasteiger partial charge on any atom is 0.134 e. The van der Waals surface area contributed by atoms with Crippen molar-refractivity contribution in [2.45, 2.75) is 26.4 Å². The Morgan fingerprint density at radius 1 is 1.05 bits per heavy atom. The van der Waals surface area contributed by atoms with Crippen molar-refractivity contribution in [2.24, 2.45) is 0 Å². The molecule has 0 saturated carbocycles. The first-order valence-corrected chi connectivity index (χ1v) is 7.19. The first-order chi connectivity index (χ1) is 10.2. The molecule has 0 aliphatic carbocycles. The zero-order chi connectivity index (χ0) is 14.7. The van der Waals surface area contributed by atoms with Crippen molar-refractivity contribution in [3.63, 3.8) is 0 Å². The third-order valence-electron chi connectivity index (χ3n) is 3.30. The van der Waals surface area contributed by atoms with Crippen LogP contribution in [0.2, 0.25) is 0 Å². The number of furan rings is 1. The van der Waals surface area contributed by atoms with Crippen LogP contribution in [0.15, 0.2) is 59.2 Å². The normalized spacial score (nSPS) is 11.2. The van der Waals surface area contributed by atoms with Gasteiger partial charge in [0.1, 0.15) is 17.1 Å². The second-order valence-corrected chi connectivity index (χ2v) is 5.37. The van der Waals surface area contributed by atoms with Gasteiger partial charge in [-0.25, -0.2) is 0 Å². The predicted octanol–water partition coefficient (Wildman–Crippen LogP) is 4.72. The average molecular weight is 281 g/mol. The fourth-order valence-electron chi connectivity index (χ4n) is 2.20. The van der Waals surface area contributed by atoms with E-state index < -0.39 is 0 Å². The fraction of sp³-hybridized carbons (Fsp3) is 0.222. The lowest BCUT2D eigenvalue weighted by Crippen LogP contribution is -2.21. The summed E-state index contributed by atoms with van der Waals surface area (Å²) in [5, 5.41) is 4.50. The molecule has 0 bridgehead atoms. The van der Waals surface area contributed by atoms with E-state index in [0.29, 0.717) is 6.04 Å². The van der Waals surface area contributed by atoms with Crippen molar-refractivity contribution >= 4 is 11.0 Å². The van der Waals surface area contributed by atoms with Crippen molar-refractivity contribution < 1.29 is 9.15 Å². The minimum Gasteiger partial charge on any atom is -0.464 e. The summed E-state index contributed by atoms with van der Waals surface area (Å²) >= 11 is 0. The van der Waals surface area contributed by atoms with E-state index in [-0.39, 0.29) is 0 Å². The Morgan fingerprint density at radius 3 is 2.62 bits per heavy atom. The molecule has 3 rings (SSSR count). The van der Waals surface area contributed by atoms with E-state index in [4.69, 9.17) is 9.15 Å². The molecule has 1 aromatic heterocycles. The highest BCUT2D eigenvalue weighted by Gasteiger charge is 2.08. The summed E-state index contributed by atoms with van der Waals surface area (Å²) in [6.07, 6.45) is 1.81. The number of rotatable bonds is 5. The molecule has 0 fully saturated rings. The Morgan fingerprint density at radius 2 is 1.86 bits per heavy atom. The van der Waals surface area contributed by atoms with Gasteiger partial charge in [-0.05, 0) is 30.3 Å². The maximum atomic E-state index is 5.87. The van der Waals surface area contributed by atoms with Crippen LogP contribution in [-0.4, -0.2) is 6.04 Å². The molecule has 3 aromatic rings. The molecule has 1 heterocycles. The van der Waals surface area contributed by atoms with Gasteiger partial charge in [0.2, 0.25) is 0 Å². The van der Waals surface area contributed by atoms with Crippen molar-refractivity contribution in [2.75, 3.05) is 0 Å². The van der Waals surface area contributed by atoms with Crippen molar-refractivity contribution in [3.8, 4) is 11.5 Å². The fourth-order valence-corrected chi connectivity index (χ4v) is 2.20. The zero-order valence-electron chi connectivity index (χ0n) is 12.3. The first-order valence-electron chi connectivity index (χ1n) is 7.19. The molecular formula is C18H19NO2. The summed E-state index contributed by atoms with van der Waals surface area (Å²) in [5.74, 6) is 1.66. The first kappa shape index (κ1) is 13.7. The topological polar surface area (TPSA) is 34.4 Å². The summed E-state index contributed by atoms with van der Waals surface area (Å²) in [5.41, 5.74) is 2.04. The molecule has 3 heteroatoms. The van der Waals surface area contributed by atoms with Crippen LogP contribution in [0.3, 0.4) is 0 Å². The van der Waals surface area contributed by atoms with Gasteiger partial charge in [-0.2, -0.15) is 0 Å². The molecule has 0 atom stereocenters. The van der Waals surface area contributed by atoms with Gasteiger partial charge in [-0.3, -0.25) is 0 Å². The quantitative estimate of drug-likeness (QED) is 0.734. The Balaban J connectivity index is 1.86. The second kappa shape index (κ2) is 6.02. The van der Waals surface area contributed by atoms with E-state index >= 15 is 0 Å². The van der Waals surface area contributed by atoms with Crippen LogP contribution < -0.4 is 10.1 Å². The molecule has 0 aliphatic rings. The lowest BCUT2D eigenvalue weighted by Gasteiger charge is -2.07. The number of fused-ring (bicyclic) bond motifs is 1. The van der Waals surface area contributed by atoms with Crippen LogP contribution in [0.5, 0.6) is 11.5 Å². The summed E-state index contributed by atoms with van der Waals surface area (Å²) < 4.78 is 11.5. The maximum absolute atomic E-state index is 5.87. The highest BCUT2D eigenvalue weighted by atomic mass is 16.5. The van der Waals surface area contributed by atoms with Crippen LogP contribution in [0.1, 0.15) is 19.4 Å². The van der Waals surface area contributed by atoms with E-state index in [1.807, 2.05) is 54.8 Å². The van der Waals surface area contributed by atoms with E-state index in [1.54, 1.807) is 0 Å². The van der Waals surface area contributed by atoms with Crippen molar-refractivity contribution in [1.82, 2.24) is 5.32 Å². The molecule has 0 aliphatic heterocycles. The van der Waals surface area contributed by atoms with Gasteiger partial charge in [0.05, 0.1) is 6.26 Å². The second-order valence-electron chi connectivity index (χ2n) is 5.37. The number of benzene rings is 2. The van der Waals surface area contributed by atoms with Gasteiger partial charge >= 0.3 is 0 Å². The molecule has 0 amide bonds. The van der Waals surface area contributed by atoms with Crippen LogP contribution in [0, 0.1) is 0 Å². The SMILES string of the molecule is CC(C)NCc1coc2ccc(Oc3ccccc3)cc12. The van der Waals surface area contributed by atoms with Crippen LogP contribution in [-0.2, 0) is 6.54 Å². The van der Waals surface area contributed by atoms with Gasteiger partial charge in [0.15, 0.2) is 0 Å². The van der Waals surface area contributed by atoms with Gasteiger partial charge in [0.25, 0.3) is 0 Å². The smallest absolute Gasteiger partial charge is 0.134 e. The van der Waals surface area contributed by atoms with Gasteiger partial charge in [-0.15, -0.1) is 0 Å². The Bertz CT molecular complexity index is 716. The minimum atomic E-state index is 0.443. The highest BCUT2D eigenvalue weighted by molar-refractivity contribution is 5.82. The summed E-state index contributed by atoms with van der Waals surface area (Å²) in [4.78, 5) is 0. The third kappa shape index (κ3) is 3.26. The number of nitrogens with one attached hydrogen (secondary N) is 1. The Kier molecular flexibility index (Phi) is 3.93. The lowest BCUT2D eigenvalue weighted by molar-refractivity contribution is 0.483. The standard InChI is InChI=1S/C18H19NO2/c1-13(2)19-11-14-12-20-18-9-8-16(10-17(14)18)21-15-6-4-3-5-7-15/h3-10,12-13,19H,11H2,1-2H3. The molecule has 2 aromatic carbocycles. The highest BCUT2D eigenvalue weighted by Crippen LogP contribution is 2.28. The molecule has 0 spiro atoms. The molecule has 21 heavy (non-hydrogen) atoms. The van der Waals surface area contributed by atoms with Gasteiger partial charge < -0.3 is 14.5 Å².